The molecule has 2 heteroatoms. The van der Waals surface area contributed by atoms with Gasteiger partial charge in [-0.2, -0.15) is 0 Å². The van der Waals surface area contributed by atoms with Crippen molar-refractivity contribution >= 4 is 39.0 Å². The zero-order valence-electron chi connectivity index (χ0n) is 30.7. The van der Waals surface area contributed by atoms with Crippen molar-refractivity contribution in [3.8, 4) is 55.6 Å². The van der Waals surface area contributed by atoms with E-state index in [1.54, 1.807) is 0 Å². The Labute approximate surface area is 327 Å². The molecular formula is C54H37NO. The van der Waals surface area contributed by atoms with Crippen LogP contribution in [0.2, 0.25) is 0 Å². The first-order chi connectivity index (χ1) is 27.8. The number of para-hydroxylation sites is 1. The molecule has 0 spiro atoms. The maximum absolute atomic E-state index is 6.42. The van der Waals surface area contributed by atoms with Crippen molar-refractivity contribution in [1.29, 1.82) is 0 Å². The van der Waals surface area contributed by atoms with Gasteiger partial charge >= 0.3 is 0 Å². The van der Waals surface area contributed by atoms with Crippen LogP contribution in [-0.4, -0.2) is 0 Å². The number of nitrogens with zero attached hydrogens (tertiary/aromatic N) is 1. The summed E-state index contributed by atoms with van der Waals surface area (Å²) < 4.78 is 6.42. The summed E-state index contributed by atoms with van der Waals surface area (Å²) in [4.78, 5) is 2.37. The number of furan rings is 1. The van der Waals surface area contributed by atoms with Crippen molar-refractivity contribution in [3.63, 3.8) is 0 Å². The fourth-order valence-corrected chi connectivity index (χ4v) is 8.06. The average molecular weight is 716 g/mol. The molecule has 0 saturated heterocycles. The van der Waals surface area contributed by atoms with Gasteiger partial charge in [0, 0.05) is 16.8 Å². The topological polar surface area (TPSA) is 16.4 Å². The van der Waals surface area contributed by atoms with Gasteiger partial charge in [0.25, 0.3) is 0 Å². The summed E-state index contributed by atoms with van der Waals surface area (Å²) >= 11 is 0. The van der Waals surface area contributed by atoms with Crippen LogP contribution in [0.4, 0.5) is 17.1 Å². The predicted molar refractivity (Wildman–Crippen MR) is 236 cm³/mol. The van der Waals surface area contributed by atoms with Crippen LogP contribution in [0.15, 0.2) is 229 Å². The first-order valence-corrected chi connectivity index (χ1v) is 19.1. The maximum atomic E-state index is 6.42. The van der Waals surface area contributed by atoms with Crippen molar-refractivity contribution in [2.75, 3.05) is 4.90 Å². The lowest BCUT2D eigenvalue weighted by Gasteiger charge is -2.27. The first kappa shape index (κ1) is 33.2. The summed E-state index contributed by atoms with van der Waals surface area (Å²) in [5.74, 6) is 0. The predicted octanol–water partition coefficient (Wildman–Crippen LogP) is 15.4. The van der Waals surface area contributed by atoms with Gasteiger partial charge in [-0.05, 0) is 104 Å². The van der Waals surface area contributed by atoms with Crippen molar-refractivity contribution < 1.29 is 4.42 Å². The zero-order chi connectivity index (χ0) is 37.3. The first-order valence-electron chi connectivity index (χ1n) is 19.1. The van der Waals surface area contributed by atoms with Gasteiger partial charge < -0.3 is 9.32 Å². The molecule has 0 aliphatic carbocycles. The van der Waals surface area contributed by atoms with E-state index in [0.717, 1.165) is 44.6 Å². The summed E-state index contributed by atoms with van der Waals surface area (Å²) in [6.07, 6.45) is 0. The highest BCUT2D eigenvalue weighted by Crippen LogP contribution is 2.45. The Balaban J connectivity index is 1.12. The van der Waals surface area contributed by atoms with Crippen LogP contribution in [0.25, 0.3) is 77.6 Å². The SMILES string of the molecule is c1ccc(-c2cccc(-c3ccccc3-c3cccc(N(c4ccc(-c5ccccc5-c5ccccc5)cc4)c4cccc5oc6ccccc6c45)c3)c2)cc1. The molecule has 0 bridgehead atoms. The van der Waals surface area contributed by atoms with E-state index in [0.29, 0.717) is 0 Å². The number of anilines is 3. The van der Waals surface area contributed by atoms with E-state index < -0.39 is 0 Å². The molecule has 264 valence electrons. The summed E-state index contributed by atoms with van der Waals surface area (Å²) in [6.45, 7) is 0. The molecule has 0 N–H and O–H groups in total. The Hall–Kier alpha value is -7.42. The number of benzene rings is 9. The molecule has 2 nitrogen and oxygen atoms in total. The van der Waals surface area contributed by atoms with Gasteiger partial charge in [-0.1, -0.05) is 176 Å². The molecule has 56 heavy (non-hydrogen) atoms. The standard InChI is InChI=1S/C54H37NO/c1-3-16-38(17-4-1)41-20-13-21-42(36-41)48-26-9-10-27-49(48)43-22-14-23-45(37-43)55(51-29-15-31-53-54(51)50-28-11-12-30-52(50)56-53)44-34-32-40(33-35-44)47-25-8-7-24-46(47)39-18-5-2-6-19-39/h1-37H. The molecule has 10 rings (SSSR count). The summed E-state index contributed by atoms with van der Waals surface area (Å²) in [6, 6.07) is 80.0. The van der Waals surface area contributed by atoms with Gasteiger partial charge in [0.15, 0.2) is 0 Å². The number of rotatable bonds is 8. The minimum Gasteiger partial charge on any atom is -0.456 e. The number of fused-ring (bicyclic) bond motifs is 3. The minimum absolute atomic E-state index is 0.863. The molecule has 0 aliphatic heterocycles. The van der Waals surface area contributed by atoms with Crippen molar-refractivity contribution in [3.05, 3.63) is 224 Å². The molecule has 10 aromatic rings. The lowest BCUT2D eigenvalue weighted by Crippen LogP contribution is -2.10. The second kappa shape index (κ2) is 14.4. The Morgan fingerprint density at radius 2 is 0.768 bits per heavy atom. The highest BCUT2D eigenvalue weighted by Gasteiger charge is 2.21. The molecule has 0 unspecified atom stereocenters. The van der Waals surface area contributed by atoms with E-state index >= 15 is 0 Å². The van der Waals surface area contributed by atoms with Crippen LogP contribution in [0.1, 0.15) is 0 Å². The third kappa shape index (κ3) is 6.14. The fraction of sp³-hybridized carbons (Fsp3) is 0. The summed E-state index contributed by atoms with van der Waals surface area (Å²) in [7, 11) is 0. The molecule has 1 aromatic heterocycles. The molecular weight excluding hydrogens is 679 g/mol. The van der Waals surface area contributed by atoms with Gasteiger partial charge in [0.1, 0.15) is 11.2 Å². The van der Waals surface area contributed by atoms with E-state index in [2.05, 4.69) is 217 Å². The maximum Gasteiger partial charge on any atom is 0.137 e. The van der Waals surface area contributed by atoms with Crippen LogP contribution >= 0.6 is 0 Å². The van der Waals surface area contributed by atoms with Crippen LogP contribution in [-0.2, 0) is 0 Å². The average Bonchev–Trinajstić information content (AvgIpc) is 3.67. The molecule has 0 fully saturated rings. The summed E-state index contributed by atoms with van der Waals surface area (Å²) in [5.41, 5.74) is 16.8. The molecule has 9 aromatic carbocycles. The van der Waals surface area contributed by atoms with Crippen LogP contribution < -0.4 is 4.90 Å². The lowest BCUT2D eigenvalue weighted by molar-refractivity contribution is 0.669. The molecule has 0 saturated carbocycles. The Bertz CT molecular complexity index is 2960. The minimum atomic E-state index is 0.863. The smallest absolute Gasteiger partial charge is 0.137 e. The third-order valence-electron chi connectivity index (χ3n) is 10.7. The van der Waals surface area contributed by atoms with Gasteiger partial charge in [0.2, 0.25) is 0 Å². The van der Waals surface area contributed by atoms with Gasteiger partial charge in [-0.3, -0.25) is 0 Å². The normalized spacial score (nSPS) is 11.2. The van der Waals surface area contributed by atoms with Gasteiger partial charge in [0.05, 0.1) is 11.1 Å². The van der Waals surface area contributed by atoms with E-state index in [1.165, 1.54) is 50.1 Å². The molecule has 0 aliphatic rings. The quantitative estimate of drug-likeness (QED) is 0.156. The fourth-order valence-electron chi connectivity index (χ4n) is 8.06. The Kier molecular flexibility index (Phi) is 8.55. The largest absolute Gasteiger partial charge is 0.456 e. The van der Waals surface area contributed by atoms with Gasteiger partial charge in [-0.15, -0.1) is 0 Å². The Morgan fingerprint density at radius 1 is 0.286 bits per heavy atom. The number of hydrogen-bond acceptors (Lipinski definition) is 2. The zero-order valence-corrected chi connectivity index (χ0v) is 30.7. The van der Waals surface area contributed by atoms with Crippen LogP contribution in [0, 0.1) is 0 Å². The van der Waals surface area contributed by atoms with E-state index in [9.17, 15) is 0 Å². The van der Waals surface area contributed by atoms with Crippen molar-refractivity contribution in [2.24, 2.45) is 0 Å². The summed E-state index contributed by atoms with van der Waals surface area (Å²) in [5, 5.41) is 2.18. The van der Waals surface area contributed by atoms with Crippen molar-refractivity contribution in [1.82, 2.24) is 0 Å². The van der Waals surface area contributed by atoms with E-state index in [1.807, 2.05) is 12.1 Å². The second-order valence-corrected chi connectivity index (χ2v) is 14.1. The van der Waals surface area contributed by atoms with Gasteiger partial charge in [-0.25, -0.2) is 0 Å². The number of hydrogen-bond donors (Lipinski definition) is 0. The van der Waals surface area contributed by atoms with Crippen LogP contribution in [0.5, 0.6) is 0 Å². The molecule has 0 amide bonds. The second-order valence-electron chi connectivity index (χ2n) is 14.1. The molecule has 0 radical (unpaired) electrons. The molecule has 1 heterocycles. The highest BCUT2D eigenvalue weighted by atomic mass is 16.3. The van der Waals surface area contributed by atoms with Crippen LogP contribution in [0.3, 0.4) is 0 Å². The monoisotopic (exact) mass is 715 g/mol. The highest BCUT2D eigenvalue weighted by molar-refractivity contribution is 6.13. The Morgan fingerprint density at radius 3 is 1.46 bits per heavy atom. The molecule has 0 atom stereocenters. The van der Waals surface area contributed by atoms with E-state index in [4.69, 9.17) is 4.42 Å². The third-order valence-corrected chi connectivity index (χ3v) is 10.7. The lowest BCUT2D eigenvalue weighted by atomic mass is 9.92. The van der Waals surface area contributed by atoms with Crippen molar-refractivity contribution in [2.45, 2.75) is 0 Å². The van der Waals surface area contributed by atoms with E-state index in [-0.39, 0.29) is 0 Å².